The van der Waals surface area contributed by atoms with Crippen molar-refractivity contribution in [1.29, 1.82) is 0 Å². The van der Waals surface area contributed by atoms with Gasteiger partial charge in [0.2, 0.25) is 5.88 Å². The van der Waals surface area contributed by atoms with Crippen molar-refractivity contribution in [2.75, 3.05) is 0 Å². The number of hydrogen-bond acceptors (Lipinski definition) is 5. The average molecular weight is 256 g/mol. The fraction of sp³-hybridized carbons (Fsp3) is 0.357. The minimum Gasteiger partial charge on any atom is -0.436 e. The SMILES string of the molecule is Cc1ccc(Oc2cnc(CNC3CC3)cn2)cn1. The molecule has 3 rings (SSSR count). The van der Waals surface area contributed by atoms with Crippen LogP contribution in [0.2, 0.25) is 0 Å². The molecule has 1 aliphatic rings. The molecule has 1 aliphatic carbocycles. The largest absolute Gasteiger partial charge is 0.436 e. The number of ether oxygens (including phenoxy) is 1. The maximum Gasteiger partial charge on any atom is 0.237 e. The second-order valence-corrected chi connectivity index (χ2v) is 4.74. The number of nitrogens with one attached hydrogen (secondary N) is 1. The van der Waals surface area contributed by atoms with Crippen molar-refractivity contribution >= 4 is 0 Å². The van der Waals surface area contributed by atoms with Crippen molar-refractivity contribution in [3.63, 3.8) is 0 Å². The third kappa shape index (κ3) is 3.48. The molecule has 2 heterocycles. The summed E-state index contributed by atoms with van der Waals surface area (Å²) in [7, 11) is 0. The zero-order valence-electron chi connectivity index (χ0n) is 10.8. The van der Waals surface area contributed by atoms with Gasteiger partial charge in [0.1, 0.15) is 5.75 Å². The standard InChI is InChI=1S/C14H16N4O/c1-10-2-5-13(8-15-10)19-14-9-17-12(7-18-14)6-16-11-3-4-11/h2,5,7-9,11,16H,3-4,6H2,1H3. The van der Waals surface area contributed by atoms with Crippen molar-refractivity contribution in [3.05, 3.63) is 42.1 Å². The number of hydrogen-bond donors (Lipinski definition) is 1. The Kier molecular flexibility index (Phi) is 3.37. The molecular formula is C14H16N4O. The van der Waals surface area contributed by atoms with Crippen LogP contribution in [0.5, 0.6) is 11.6 Å². The molecule has 1 fully saturated rings. The minimum absolute atomic E-state index is 0.487. The van der Waals surface area contributed by atoms with Crippen molar-refractivity contribution in [2.45, 2.75) is 32.4 Å². The van der Waals surface area contributed by atoms with E-state index in [9.17, 15) is 0 Å². The molecule has 5 heteroatoms. The minimum atomic E-state index is 0.487. The molecule has 1 saturated carbocycles. The first-order chi connectivity index (χ1) is 9.29. The van der Waals surface area contributed by atoms with Crippen molar-refractivity contribution in [2.24, 2.45) is 0 Å². The maximum atomic E-state index is 5.57. The van der Waals surface area contributed by atoms with Crippen molar-refractivity contribution in [1.82, 2.24) is 20.3 Å². The van der Waals surface area contributed by atoms with Gasteiger partial charge in [0.25, 0.3) is 0 Å². The maximum absolute atomic E-state index is 5.57. The van der Waals surface area contributed by atoms with Crippen LogP contribution in [0.15, 0.2) is 30.7 Å². The van der Waals surface area contributed by atoms with E-state index in [1.807, 2.05) is 19.1 Å². The van der Waals surface area contributed by atoms with Crippen LogP contribution in [0, 0.1) is 6.92 Å². The summed E-state index contributed by atoms with van der Waals surface area (Å²) in [4.78, 5) is 12.7. The summed E-state index contributed by atoms with van der Waals surface area (Å²) in [5.74, 6) is 1.16. The summed E-state index contributed by atoms with van der Waals surface area (Å²) in [6.45, 7) is 2.70. The highest BCUT2D eigenvalue weighted by Gasteiger charge is 2.20. The van der Waals surface area contributed by atoms with E-state index in [0.29, 0.717) is 17.7 Å². The highest BCUT2D eigenvalue weighted by atomic mass is 16.5. The Hall–Kier alpha value is -2.01. The van der Waals surface area contributed by atoms with Crippen LogP contribution in [-0.4, -0.2) is 21.0 Å². The van der Waals surface area contributed by atoms with E-state index in [0.717, 1.165) is 17.9 Å². The first kappa shape index (κ1) is 12.0. The first-order valence-electron chi connectivity index (χ1n) is 6.44. The van der Waals surface area contributed by atoms with Crippen molar-refractivity contribution < 1.29 is 4.74 Å². The van der Waals surface area contributed by atoms with Crippen LogP contribution in [0.25, 0.3) is 0 Å². The molecule has 0 spiro atoms. The van der Waals surface area contributed by atoms with Crippen LogP contribution < -0.4 is 10.1 Å². The predicted molar refractivity (Wildman–Crippen MR) is 70.9 cm³/mol. The van der Waals surface area contributed by atoms with Gasteiger partial charge in [0, 0.05) is 18.3 Å². The lowest BCUT2D eigenvalue weighted by Crippen LogP contribution is -2.16. The molecule has 0 aliphatic heterocycles. The molecule has 0 amide bonds. The van der Waals surface area contributed by atoms with Gasteiger partial charge in [-0.25, -0.2) is 4.98 Å². The molecule has 0 radical (unpaired) electrons. The normalized spacial score (nSPS) is 14.4. The highest BCUT2D eigenvalue weighted by Crippen LogP contribution is 2.20. The molecule has 5 nitrogen and oxygen atoms in total. The zero-order valence-corrected chi connectivity index (χ0v) is 10.8. The highest BCUT2D eigenvalue weighted by molar-refractivity contribution is 5.24. The molecule has 98 valence electrons. The van der Waals surface area contributed by atoms with Gasteiger partial charge in [-0.15, -0.1) is 0 Å². The number of nitrogens with zero attached hydrogens (tertiary/aromatic N) is 3. The van der Waals surface area contributed by atoms with Gasteiger partial charge in [-0.05, 0) is 31.9 Å². The Morgan fingerprint density at radius 1 is 1.16 bits per heavy atom. The summed E-state index contributed by atoms with van der Waals surface area (Å²) in [5.41, 5.74) is 1.89. The van der Waals surface area contributed by atoms with E-state index < -0.39 is 0 Å². The van der Waals surface area contributed by atoms with E-state index >= 15 is 0 Å². The number of aromatic nitrogens is 3. The molecule has 19 heavy (non-hydrogen) atoms. The van der Waals surface area contributed by atoms with Gasteiger partial charge in [0.15, 0.2) is 0 Å². The third-order valence-electron chi connectivity index (χ3n) is 2.94. The summed E-state index contributed by atoms with van der Waals surface area (Å²) in [6, 6.07) is 4.44. The lowest BCUT2D eigenvalue weighted by molar-refractivity contribution is 0.456. The van der Waals surface area contributed by atoms with Crippen LogP contribution >= 0.6 is 0 Å². The van der Waals surface area contributed by atoms with Crippen LogP contribution in [0.3, 0.4) is 0 Å². The smallest absolute Gasteiger partial charge is 0.237 e. The molecule has 1 N–H and O–H groups in total. The van der Waals surface area contributed by atoms with E-state index in [1.165, 1.54) is 12.8 Å². The molecular weight excluding hydrogens is 240 g/mol. The predicted octanol–water partition coefficient (Wildman–Crippen LogP) is 2.22. The van der Waals surface area contributed by atoms with Gasteiger partial charge < -0.3 is 10.1 Å². The molecule has 0 atom stereocenters. The lowest BCUT2D eigenvalue weighted by Gasteiger charge is -2.05. The van der Waals surface area contributed by atoms with E-state index in [-0.39, 0.29) is 0 Å². The van der Waals surface area contributed by atoms with E-state index in [4.69, 9.17) is 4.74 Å². The summed E-state index contributed by atoms with van der Waals surface area (Å²) in [5, 5.41) is 3.39. The first-order valence-corrected chi connectivity index (χ1v) is 6.44. The van der Waals surface area contributed by atoms with E-state index in [2.05, 4.69) is 20.3 Å². The Labute approximate surface area is 112 Å². The summed E-state index contributed by atoms with van der Waals surface area (Å²) < 4.78 is 5.57. The topological polar surface area (TPSA) is 59.9 Å². The second-order valence-electron chi connectivity index (χ2n) is 4.74. The van der Waals surface area contributed by atoms with E-state index in [1.54, 1.807) is 18.6 Å². The van der Waals surface area contributed by atoms with Gasteiger partial charge >= 0.3 is 0 Å². The van der Waals surface area contributed by atoms with Gasteiger partial charge in [-0.2, -0.15) is 0 Å². The molecule has 2 aromatic rings. The Balaban J connectivity index is 1.59. The van der Waals surface area contributed by atoms with Crippen molar-refractivity contribution in [3.8, 4) is 11.6 Å². The van der Waals surface area contributed by atoms with Crippen LogP contribution in [0.1, 0.15) is 24.2 Å². The zero-order chi connectivity index (χ0) is 13.1. The van der Waals surface area contributed by atoms with Gasteiger partial charge in [-0.1, -0.05) is 0 Å². The fourth-order valence-corrected chi connectivity index (χ4v) is 1.66. The van der Waals surface area contributed by atoms with Crippen LogP contribution in [0.4, 0.5) is 0 Å². The second kappa shape index (κ2) is 5.32. The Bertz CT molecular complexity index is 534. The van der Waals surface area contributed by atoms with Gasteiger partial charge in [-0.3, -0.25) is 9.97 Å². The number of pyridine rings is 1. The van der Waals surface area contributed by atoms with Crippen LogP contribution in [-0.2, 0) is 6.54 Å². The molecule has 0 aromatic carbocycles. The third-order valence-corrected chi connectivity index (χ3v) is 2.94. The molecule has 0 saturated heterocycles. The fourth-order valence-electron chi connectivity index (χ4n) is 1.66. The number of aryl methyl sites for hydroxylation is 1. The lowest BCUT2D eigenvalue weighted by atomic mass is 10.4. The number of rotatable bonds is 5. The molecule has 2 aromatic heterocycles. The monoisotopic (exact) mass is 256 g/mol. The molecule has 0 bridgehead atoms. The molecule has 0 unspecified atom stereocenters. The van der Waals surface area contributed by atoms with Gasteiger partial charge in [0.05, 0.1) is 24.3 Å². The summed E-state index contributed by atoms with van der Waals surface area (Å²) >= 11 is 0. The average Bonchev–Trinajstić information content (AvgIpc) is 3.25. The quantitative estimate of drug-likeness (QED) is 0.888. The Morgan fingerprint density at radius 3 is 2.68 bits per heavy atom. The summed E-state index contributed by atoms with van der Waals surface area (Å²) in [6.07, 6.45) is 7.61. The Morgan fingerprint density at radius 2 is 2.05 bits per heavy atom.